The van der Waals surface area contributed by atoms with Gasteiger partial charge in [-0.25, -0.2) is 4.79 Å². The third kappa shape index (κ3) is 4.28. The van der Waals surface area contributed by atoms with Crippen molar-refractivity contribution in [2.75, 3.05) is 18.0 Å². The third-order valence-corrected chi connectivity index (χ3v) is 4.50. The normalized spacial score (nSPS) is 15.9. The molecule has 2 aromatic carbocycles. The highest BCUT2D eigenvalue weighted by molar-refractivity contribution is 6.08. The van der Waals surface area contributed by atoms with Crippen LogP contribution in [0.15, 0.2) is 60.7 Å². The fourth-order valence-electron chi connectivity index (χ4n) is 2.99. The molecule has 1 atom stereocenters. The van der Waals surface area contributed by atoms with Crippen molar-refractivity contribution in [3.63, 3.8) is 0 Å². The lowest BCUT2D eigenvalue weighted by molar-refractivity contribution is -0.119. The molecule has 0 radical (unpaired) electrons. The van der Waals surface area contributed by atoms with Gasteiger partial charge in [-0.1, -0.05) is 43.0 Å². The fraction of sp³-hybridized carbons (Fsp3) is 0.227. The molecule has 1 fully saturated rings. The number of carbonyl (C=O) groups excluding carboxylic acids is 3. The topological polar surface area (TPSA) is 75.7 Å². The molecular weight excluding hydrogens is 356 g/mol. The van der Waals surface area contributed by atoms with E-state index in [2.05, 4.69) is 11.9 Å². The van der Waals surface area contributed by atoms with Crippen molar-refractivity contribution in [3.8, 4) is 11.1 Å². The molecule has 2 amide bonds. The number of hydrogen-bond acceptors (Lipinski definition) is 4. The highest BCUT2D eigenvalue weighted by Gasteiger charge is 2.32. The van der Waals surface area contributed by atoms with Gasteiger partial charge in [-0.2, -0.15) is 0 Å². The Morgan fingerprint density at radius 1 is 1.07 bits per heavy atom. The predicted molar refractivity (Wildman–Crippen MR) is 107 cm³/mol. The predicted octanol–water partition coefficient (Wildman–Crippen LogP) is 3.57. The minimum atomic E-state index is -0.425. The summed E-state index contributed by atoms with van der Waals surface area (Å²) >= 11 is 0. The van der Waals surface area contributed by atoms with Crippen LogP contribution in [0.5, 0.6) is 0 Å². The van der Waals surface area contributed by atoms with Gasteiger partial charge in [-0.3, -0.25) is 14.5 Å². The van der Waals surface area contributed by atoms with Crippen LogP contribution in [0.2, 0.25) is 0 Å². The monoisotopic (exact) mass is 378 g/mol. The van der Waals surface area contributed by atoms with E-state index in [9.17, 15) is 14.4 Å². The van der Waals surface area contributed by atoms with Crippen LogP contribution < -0.4 is 10.2 Å². The van der Waals surface area contributed by atoms with Crippen molar-refractivity contribution < 1.29 is 19.1 Å². The molecular formula is C22H22N2O4. The maximum atomic E-state index is 12.1. The Hall–Kier alpha value is -3.41. The van der Waals surface area contributed by atoms with Gasteiger partial charge in [0.2, 0.25) is 5.91 Å². The minimum Gasteiger partial charge on any atom is -0.442 e. The standard InChI is InChI=1S/C22H22N2O4/c1-14(2)21(26)18-6-4-16(5-7-18)17-8-10-19(11-9-17)24-13-20(28-22(24)27)12-23-15(3)25/h4-11,20H,1,12-13H2,2-3H3,(H,23,25). The van der Waals surface area contributed by atoms with Gasteiger partial charge in [0.05, 0.1) is 13.1 Å². The number of amides is 2. The van der Waals surface area contributed by atoms with Gasteiger partial charge in [0.25, 0.3) is 0 Å². The number of Topliss-reactive ketones (excluding diaryl/α,β-unsaturated/α-hetero) is 1. The number of rotatable bonds is 6. The van der Waals surface area contributed by atoms with Gasteiger partial charge < -0.3 is 10.1 Å². The first kappa shape index (κ1) is 19.4. The van der Waals surface area contributed by atoms with E-state index in [0.29, 0.717) is 24.2 Å². The lowest BCUT2D eigenvalue weighted by atomic mass is 10.0. The van der Waals surface area contributed by atoms with Crippen molar-refractivity contribution in [1.82, 2.24) is 5.32 Å². The summed E-state index contributed by atoms with van der Waals surface area (Å²) in [6.45, 7) is 7.48. The summed E-state index contributed by atoms with van der Waals surface area (Å²) < 4.78 is 5.28. The Kier molecular flexibility index (Phi) is 5.59. The molecule has 6 heteroatoms. The van der Waals surface area contributed by atoms with E-state index in [-0.39, 0.29) is 17.8 Å². The molecule has 1 N–H and O–H groups in total. The number of nitrogens with one attached hydrogen (secondary N) is 1. The molecule has 1 aliphatic rings. The summed E-state index contributed by atoms with van der Waals surface area (Å²) in [7, 11) is 0. The van der Waals surface area contributed by atoms with E-state index in [1.54, 1.807) is 24.0 Å². The van der Waals surface area contributed by atoms with Crippen molar-refractivity contribution >= 4 is 23.5 Å². The van der Waals surface area contributed by atoms with Gasteiger partial charge in [0.15, 0.2) is 5.78 Å². The molecule has 1 saturated heterocycles. The second kappa shape index (κ2) is 8.08. The number of carbonyl (C=O) groups is 3. The third-order valence-electron chi connectivity index (χ3n) is 4.50. The number of cyclic esters (lactones) is 1. The Morgan fingerprint density at radius 3 is 2.18 bits per heavy atom. The van der Waals surface area contributed by atoms with Gasteiger partial charge in [0.1, 0.15) is 6.10 Å². The van der Waals surface area contributed by atoms with Gasteiger partial charge in [-0.15, -0.1) is 0 Å². The van der Waals surface area contributed by atoms with Crippen LogP contribution in [0.1, 0.15) is 24.2 Å². The largest absolute Gasteiger partial charge is 0.442 e. The van der Waals surface area contributed by atoms with E-state index >= 15 is 0 Å². The number of ketones is 1. The molecule has 3 rings (SSSR count). The lowest BCUT2D eigenvalue weighted by Crippen LogP contribution is -2.33. The average molecular weight is 378 g/mol. The first-order valence-corrected chi connectivity index (χ1v) is 8.98. The van der Waals surface area contributed by atoms with E-state index in [4.69, 9.17) is 4.74 Å². The first-order valence-electron chi connectivity index (χ1n) is 8.98. The number of ether oxygens (including phenoxy) is 1. The van der Waals surface area contributed by atoms with E-state index < -0.39 is 6.09 Å². The summed E-state index contributed by atoms with van der Waals surface area (Å²) in [5, 5.41) is 2.66. The molecule has 0 spiro atoms. The number of nitrogens with zero attached hydrogens (tertiary/aromatic N) is 1. The van der Waals surface area contributed by atoms with Crippen LogP contribution in [-0.4, -0.2) is 37.0 Å². The second-order valence-electron chi connectivity index (χ2n) is 6.79. The smallest absolute Gasteiger partial charge is 0.414 e. The average Bonchev–Trinajstić information content (AvgIpc) is 3.06. The van der Waals surface area contributed by atoms with E-state index in [0.717, 1.165) is 16.8 Å². The van der Waals surface area contributed by atoms with Crippen LogP contribution in [0.4, 0.5) is 10.5 Å². The minimum absolute atomic E-state index is 0.0664. The van der Waals surface area contributed by atoms with Crippen LogP contribution >= 0.6 is 0 Å². The highest BCUT2D eigenvalue weighted by atomic mass is 16.6. The SMILES string of the molecule is C=C(C)C(=O)c1ccc(-c2ccc(N3CC(CNC(C)=O)OC3=O)cc2)cc1. The molecule has 144 valence electrons. The van der Waals surface area contributed by atoms with Crippen molar-refractivity contribution in [3.05, 3.63) is 66.2 Å². The van der Waals surface area contributed by atoms with E-state index in [1.807, 2.05) is 36.4 Å². The van der Waals surface area contributed by atoms with E-state index in [1.165, 1.54) is 6.92 Å². The summed E-state index contributed by atoms with van der Waals surface area (Å²) in [5.74, 6) is -0.224. The lowest BCUT2D eigenvalue weighted by Gasteiger charge is -2.14. The van der Waals surface area contributed by atoms with Crippen LogP contribution in [-0.2, 0) is 9.53 Å². The number of allylic oxidation sites excluding steroid dienone is 1. The Labute approximate surface area is 163 Å². The first-order chi connectivity index (χ1) is 13.3. The zero-order chi connectivity index (χ0) is 20.3. The van der Waals surface area contributed by atoms with Gasteiger partial charge in [-0.05, 0) is 35.8 Å². The van der Waals surface area contributed by atoms with Crippen molar-refractivity contribution in [2.45, 2.75) is 20.0 Å². The fourth-order valence-corrected chi connectivity index (χ4v) is 2.99. The highest BCUT2D eigenvalue weighted by Crippen LogP contribution is 2.26. The van der Waals surface area contributed by atoms with Gasteiger partial charge in [0, 0.05) is 18.2 Å². The maximum absolute atomic E-state index is 12.1. The number of benzene rings is 2. The molecule has 0 aromatic heterocycles. The molecule has 0 aliphatic carbocycles. The molecule has 0 saturated carbocycles. The summed E-state index contributed by atoms with van der Waals surface area (Å²) in [6, 6.07) is 14.9. The summed E-state index contributed by atoms with van der Waals surface area (Å²) in [5.41, 5.74) is 3.79. The quantitative estimate of drug-likeness (QED) is 0.616. The zero-order valence-electron chi connectivity index (χ0n) is 15.9. The summed E-state index contributed by atoms with van der Waals surface area (Å²) in [4.78, 5) is 36.6. The molecule has 0 bridgehead atoms. The maximum Gasteiger partial charge on any atom is 0.414 e. The van der Waals surface area contributed by atoms with Crippen LogP contribution in [0.3, 0.4) is 0 Å². The Morgan fingerprint density at radius 2 is 1.64 bits per heavy atom. The van der Waals surface area contributed by atoms with Crippen molar-refractivity contribution in [2.24, 2.45) is 0 Å². The van der Waals surface area contributed by atoms with Crippen molar-refractivity contribution in [1.29, 1.82) is 0 Å². The molecule has 28 heavy (non-hydrogen) atoms. The molecule has 1 heterocycles. The zero-order valence-corrected chi connectivity index (χ0v) is 15.9. The van der Waals surface area contributed by atoms with Crippen LogP contribution in [0.25, 0.3) is 11.1 Å². The second-order valence-corrected chi connectivity index (χ2v) is 6.79. The van der Waals surface area contributed by atoms with Gasteiger partial charge >= 0.3 is 6.09 Å². The molecule has 1 aliphatic heterocycles. The molecule has 2 aromatic rings. The molecule has 1 unspecified atom stereocenters. The van der Waals surface area contributed by atoms with Crippen LogP contribution in [0, 0.1) is 0 Å². The Balaban J connectivity index is 1.70. The number of hydrogen-bond donors (Lipinski definition) is 1. The Bertz CT molecular complexity index is 917. The summed E-state index contributed by atoms with van der Waals surface area (Å²) in [6.07, 6.45) is -0.791. The molecule has 6 nitrogen and oxygen atoms in total. The number of anilines is 1.